The minimum absolute atomic E-state index is 0.207. The number of phenols is 1. The van der Waals surface area contributed by atoms with Gasteiger partial charge in [-0.1, -0.05) is 12.1 Å². The van der Waals surface area contributed by atoms with E-state index in [4.69, 9.17) is 9.69 Å². The first-order valence-corrected chi connectivity index (χ1v) is 10.2. The molecule has 0 atom stereocenters. The maximum Gasteiger partial charge on any atom is 0.294 e. The number of sulfonamides is 1. The number of benzene rings is 3. The lowest BCUT2D eigenvalue weighted by molar-refractivity contribution is 0.475. The molecule has 0 aliphatic carbocycles. The standard InChI is InChI=1S/C16H14N2O6S2/c17-25(20,21)13-5-6-15(16(19)9-13)18-12-3-1-11-8-14(26(22,23)24)4-2-10(11)7-12/h1-9,18-19H,(H2,17,20,21)(H,22,23,24). The fourth-order valence-electron chi connectivity index (χ4n) is 2.41. The van der Waals surface area contributed by atoms with Gasteiger partial charge in [0, 0.05) is 11.8 Å². The summed E-state index contributed by atoms with van der Waals surface area (Å²) in [6.07, 6.45) is 0. The van der Waals surface area contributed by atoms with Crippen LogP contribution in [0, 0.1) is 0 Å². The summed E-state index contributed by atoms with van der Waals surface area (Å²) >= 11 is 0. The summed E-state index contributed by atoms with van der Waals surface area (Å²) in [6, 6.07) is 12.8. The van der Waals surface area contributed by atoms with Crippen LogP contribution in [0.3, 0.4) is 0 Å². The van der Waals surface area contributed by atoms with E-state index in [1.54, 1.807) is 18.2 Å². The zero-order valence-electron chi connectivity index (χ0n) is 13.1. The lowest BCUT2D eigenvalue weighted by Gasteiger charge is -2.11. The van der Waals surface area contributed by atoms with Gasteiger partial charge in [-0.3, -0.25) is 4.55 Å². The number of anilines is 2. The Morgan fingerprint density at radius 1 is 0.808 bits per heavy atom. The number of phenolic OH excluding ortho intramolecular Hbond substituents is 1. The van der Waals surface area contributed by atoms with Crippen molar-refractivity contribution in [2.45, 2.75) is 9.79 Å². The monoisotopic (exact) mass is 394 g/mol. The molecular weight excluding hydrogens is 380 g/mol. The van der Waals surface area contributed by atoms with Gasteiger partial charge in [-0.05, 0) is 47.2 Å². The highest BCUT2D eigenvalue weighted by atomic mass is 32.2. The second-order valence-electron chi connectivity index (χ2n) is 5.55. The number of fused-ring (bicyclic) bond motifs is 1. The molecular formula is C16H14N2O6S2. The Hall–Kier alpha value is -2.66. The first kappa shape index (κ1) is 18.1. The molecule has 0 aromatic heterocycles. The van der Waals surface area contributed by atoms with Crippen LogP contribution < -0.4 is 10.5 Å². The number of nitrogens with one attached hydrogen (secondary N) is 1. The first-order valence-electron chi connectivity index (χ1n) is 7.18. The van der Waals surface area contributed by atoms with Crippen LogP contribution in [0.15, 0.2) is 64.4 Å². The average molecular weight is 394 g/mol. The van der Waals surface area contributed by atoms with Crippen LogP contribution in [0.5, 0.6) is 5.75 Å². The largest absolute Gasteiger partial charge is 0.506 e. The number of hydrogen-bond acceptors (Lipinski definition) is 6. The molecule has 10 heteroatoms. The van der Waals surface area contributed by atoms with E-state index in [1.807, 2.05) is 0 Å². The molecule has 26 heavy (non-hydrogen) atoms. The van der Waals surface area contributed by atoms with E-state index in [0.717, 1.165) is 6.07 Å². The third-order valence-corrected chi connectivity index (χ3v) is 5.45. The minimum Gasteiger partial charge on any atom is -0.506 e. The smallest absolute Gasteiger partial charge is 0.294 e. The second kappa shape index (κ2) is 6.25. The highest BCUT2D eigenvalue weighted by Crippen LogP contribution is 2.30. The molecule has 0 amide bonds. The van der Waals surface area contributed by atoms with Crippen LogP contribution in [-0.4, -0.2) is 26.5 Å². The Morgan fingerprint density at radius 3 is 2.04 bits per heavy atom. The van der Waals surface area contributed by atoms with Crippen molar-refractivity contribution in [3.05, 3.63) is 54.6 Å². The molecule has 3 aromatic rings. The van der Waals surface area contributed by atoms with E-state index in [0.29, 0.717) is 16.5 Å². The molecule has 0 heterocycles. The van der Waals surface area contributed by atoms with Gasteiger partial charge in [0.2, 0.25) is 10.0 Å². The predicted molar refractivity (Wildman–Crippen MR) is 96.5 cm³/mol. The zero-order chi connectivity index (χ0) is 19.1. The minimum atomic E-state index is -4.28. The highest BCUT2D eigenvalue weighted by Gasteiger charge is 2.12. The summed E-state index contributed by atoms with van der Waals surface area (Å²) in [5, 5.41) is 19.2. The predicted octanol–water partition coefficient (Wildman–Crippen LogP) is 2.18. The van der Waals surface area contributed by atoms with E-state index in [2.05, 4.69) is 5.32 Å². The summed E-state index contributed by atoms with van der Waals surface area (Å²) in [5.41, 5.74) is 0.849. The van der Waals surface area contributed by atoms with Gasteiger partial charge in [0.05, 0.1) is 15.5 Å². The molecule has 0 radical (unpaired) electrons. The van der Waals surface area contributed by atoms with E-state index in [9.17, 15) is 21.9 Å². The fraction of sp³-hybridized carbons (Fsp3) is 0. The maximum absolute atomic E-state index is 11.3. The van der Waals surface area contributed by atoms with Crippen molar-refractivity contribution in [3.8, 4) is 5.75 Å². The summed E-state index contributed by atoms with van der Waals surface area (Å²) in [7, 11) is -8.20. The van der Waals surface area contributed by atoms with E-state index in [-0.39, 0.29) is 21.2 Å². The van der Waals surface area contributed by atoms with Crippen LogP contribution in [-0.2, 0) is 20.1 Å². The summed E-state index contributed by atoms with van der Waals surface area (Å²) in [5.74, 6) is -0.293. The van der Waals surface area contributed by atoms with Gasteiger partial charge in [-0.25, -0.2) is 13.6 Å². The average Bonchev–Trinajstić information content (AvgIpc) is 2.54. The van der Waals surface area contributed by atoms with Gasteiger partial charge in [0.15, 0.2) is 0 Å². The van der Waals surface area contributed by atoms with Crippen LogP contribution in [0.2, 0.25) is 0 Å². The molecule has 3 aromatic carbocycles. The van der Waals surface area contributed by atoms with Gasteiger partial charge in [-0.15, -0.1) is 0 Å². The van der Waals surface area contributed by atoms with E-state index in [1.165, 1.54) is 30.3 Å². The SMILES string of the molecule is NS(=O)(=O)c1ccc(Nc2ccc3cc(S(=O)(=O)O)ccc3c2)c(O)c1. The van der Waals surface area contributed by atoms with Gasteiger partial charge in [0.1, 0.15) is 5.75 Å². The van der Waals surface area contributed by atoms with Crippen LogP contribution in [0.4, 0.5) is 11.4 Å². The van der Waals surface area contributed by atoms with Crippen LogP contribution in [0.1, 0.15) is 0 Å². The molecule has 0 aliphatic heterocycles. The Bertz CT molecular complexity index is 1220. The van der Waals surface area contributed by atoms with Gasteiger partial charge in [-0.2, -0.15) is 8.42 Å². The molecule has 0 fully saturated rings. The van der Waals surface area contributed by atoms with Crippen LogP contribution >= 0.6 is 0 Å². The van der Waals surface area contributed by atoms with Gasteiger partial charge < -0.3 is 10.4 Å². The Labute approximate surface area is 149 Å². The number of primary sulfonamides is 1. The first-order chi connectivity index (χ1) is 12.0. The fourth-order valence-corrected chi connectivity index (χ4v) is 3.46. The van der Waals surface area contributed by atoms with Crippen molar-refractivity contribution in [3.63, 3.8) is 0 Å². The molecule has 5 N–H and O–H groups in total. The highest BCUT2D eigenvalue weighted by molar-refractivity contribution is 7.89. The molecule has 0 unspecified atom stereocenters. The summed E-state index contributed by atoms with van der Waals surface area (Å²) in [4.78, 5) is -0.418. The van der Waals surface area contributed by atoms with Crippen LogP contribution in [0.25, 0.3) is 10.8 Å². The normalized spacial score (nSPS) is 12.2. The zero-order valence-corrected chi connectivity index (χ0v) is 14.8. The quantitative estimate of drug-likeness (QED) is 0.392. The molecule has 8 nitrogen and oxygen atoms in total. The Morgan fingerprint density at radius 2 is 1.42 bits per heavy atom. The second-order valence-corrected chi connectivity index (χ2v) is 8.53. The van der Waals surface area contributed by atoms with E-state index >= 15 is 0 Å². The molecule has 0 bridgehead atoms. The number of aromatic hydroxyl groups is 1. The van der Waals surface area contributed by atoms with Crippen molar-refractivity contribution in [2.24, 2.45) is 5.14 Å². The molecule has 3 rings (SSSR count). The molecule has 0 spiro atoms. The lowest BCUT2D eigenvalue weighted by Crippen LogP contribution is -2.11. The van der Waals surface area contributed by atoms with Crippen molar-refractivity contribution >= 4 is 42.3 Å². The molecule has 136 valence electrons. The van der Waals surface area contributed by atoms with E-state index < -0.39 is 20.1 Å². The summed E-state index contributed by atoms with van der Waals surface area (Å²) < 4.78 is 54.0. The van der Waals surface area contributed by atoms with Gasteiger partial charge >= 0.3 is 0 Å². The molecule has 0 saturated carbocycles. The third kappa shape index (κ3) is 3.78. The Balaban J connectivity index is 1.95. The molecule has 0 saturated heterocycles. The van der Waals surface area contributed by atoms with Crippen molar-refractivity contribution in [1.29, 1.82) is 0 Å². The van der Waals surface area contributed by atoms with Crippen molar-refractivity contribution in [2.75, 3.05) is 5.32 Å². The van der Waals surface area contributed by atoms with Gasteiger partial charge in [0.25, 0.3) is 10.1 Å². The lowest BCUT2D eigenvalue weighted by atomic mass is 10.1. The van der Waals surface area contributed by atoms with Crippen molar-refractivity contribution < 1.29 is 26.5 Å². The molecule has 0 aliphatic rings. The van der Waals surface area contributed by atoms with Crippen molar-refractivity contribution in [1.82, 2.24) is 0 Å². The number of rotatable bonds is 4. The third-order valence-electron chi connectivity index (χ3n) is 3.69. The summed E-state index contributed by atoms with van der Waals surface area (Å²) in [6.45, 7) is 0. The number of hydrogen-bond donors (Lipinski definition) is 4. The number of nitrogens with two attached hydrogens (primary N) is 1. The topological polar surface area (TPSA) is 147 Å². The maximum atomic E-state index is 11.3. The Kier molecular flexibility index (Phi) is 4.36.